The first-order chi connectivity index (χ1) is 18.3. The van der Waals surface area contributed by atoms with Gasteiger partial charge in [0.1, 0.15) is 12.9 Å². The smallest absolute Gasteiger partial charge is 0.387 e. The van der Waals surface area contributed by atoms with E-state index >= 15 is 0 Å². The molecule has 3 atom stereocenters. The van der Waals surface area contributed by atoms with Gasteiger partial charge in [-0.05, 0) is 55.5 Å². The molecule has 10 heteroatoms. The lowest BCUT2D eigenvalue weighted by Crippen LogP contribution is -2.30. The van der Waals surface area contributed by atoms with Crippen molar-refractivity contribution in [2.75, 3.05) is 19.4 Å². The Hall–Kier alpha value is -3.32. The van der Waals surface area contributed by atoms with E-state index in [4.69, 9.17) is 9.84 Å². The van der Waals surface area contributed by atoms with Gasteiger partial charge in [0.05, 0.1) is 22.7 Å². The molecule has 7 rings (SSSR count). The highest BCUT2D eigenvalue weighted by molar-refractivity contribution is 7.68. The van der Waals surface area contributed by atoms with Crippen molar-refractivity contribution in [3.05, 3.63) is 76.0 Å². The molecule has 38 heavy (non-hydrogen) atoms. The molecule has 1 amide bonds. The zero-order valence-electron chi connectivity index (χ0n) is 20.9. The molecule has 0 saturated carbocycles. The predicted octanol–water partition coefficient (Wildman–Crippen LogP) is 6.15. The molecular weight excluding hydrogens is 509 g/mol. The average molecular weight is 537 g/mol. The molecule has 5 heterocycles. The molecule has 7 nitrogen and oxygen atoms in total. The summed E-state index contributed by atoms with van der Waals surface area (Å²) in [6.07, 6.45) is 10.7. The van der Waals surface area contributed by atoms with Crippen LogP contribution >= 0.6 is 7.14 Å². The first-order valence-corrected chi connectivity index (χ1v) is 15.1. The van der Waals surface area contributed by atoms with E-state index in [0.717, 1.165) is 59.4 Å². The summed E-state index contributed by atoms with van der Waals surface area (Å²) < 4.78 is 46.6. The van der Waals surface area contributed by atoms with Crippen LogP contribution in [0.5, 0.6) is 5.75 Å². The van der Waals surface area contributed by atoms with Crippen molar-refractivity contribution in [1.29, 1.82) is 0 Å². The van der Waals surface area contributed by atoms with Gasteiger partial charge in [0.15, 0.2) is 0 Å². The molecule has 2 bridgehead atoms. The summed E-state index contributed by atoms with van der Waals surface area (Å²) >= 11 is 0. The van der Waals surface area contributed by atoms with Gasteiger partial charge in [0.25, 0.3) is 5.91 Å². The minimum atomic E-state index is -2.99. The minimum absolute atomic E-state index is 0.0344. The van der Waals surface area contributed by atoms with E-state index in [1.807, 2.05) is 29.1 Å². The summed E-state index contributed by atoms with van der Waals surface area (Å²) in [4.78, 5) is 19.6. The molecule has 2 aromatic heterocycles. The molecule has 3 aromatic rings. The maximum atomic E-state index is 13.3. The molecule has 4 aliphatic rings. The van der Waals surface area contributed by atoms with Crippen LogP contribution in [0.2, 0.25) is 0 Å². The summed E-state index contributed by atoms with van der Waals surface area (Å²) in [6, 6.07) is 8.62. The Bertz CT molecular complexity index is 1590. The molecule has 0 spiro atoms. The fraction of sp³-hybridized carbons (Fsp3) is 0.393. The summed E-state index contributed by atoms with van der Waals surface area (Å²) in [6.45, 7) is -2.99. The molecule has 1 saturated heterocycles. The normalized spacial score (nSPS) is 25.5. The Morgan fingerprint density at radius 3 is 2.71 bits per heavy atom. The number of carbonyl (C=O) groups excluding carboxylic acids is 1. The van der Waals surface area contributed by atoms with Gasteiger partial charge >= 0.3 is 6.61 Å². The Kier molecular flexibility index (Phi) is 5.38. The first kappa shape index (κ1) is 23.8. The number of pyridine rings is 1. The Labute approximate surface area is 218 Å². The van der Waals surface area contributed by atoms with Crippen LogP contribution in [0.1, 0.15) is 76.3 Å². The molecule has 1 fully saturated rings. The molecule has 1 aromatic carbocycles. The van der Waals surface area contributed by atoms with Crippen molar-refractivity contribution in [3.63, 3.8) is 0 Å². The van der Waals surface area contributed by atoms with E-state index in [-0.39, 0.29) is 29.5 Å². The number of ether oxygens (including phenoxy) is 1. The monoisotopic (exact) mass is 536 g/mol. The van der Waals surface area contributed by atoms with E-state index in [0.29, 0.717) is 17.5 Å². The minimum Gasteiger partial charge on any atom is -0.434 e. The van der Waals surface area contributed by atoms with Crippen molar-refractivity contribution in [2.45, 2.75) is 50.2 Å². The summed E-state index contributed by atoms with van der Waals surface area (Å²) in [5, 5.41) is 4.84. The van der Waals surface area contributed by atoms with Gasteiger partial charge in [-0.15, -0.1) is 0 Å². The highest BCUT2D eigenvalue weighted by Gasteiger charge is 2.46. The van der Waals surface area contributed by atoms with Crippen molar-refractivity contribution in [1.82, 2.24) is 14.5 Å². The second-order valence-corrected chi connectivity index (χ2v) is 13.8. The number of halogens is 2. The van der Waals surface area contributed by atoms with Crippen molar-refractivity contribution in [2.24, 2.45) is 4.99 Å². The van der Waals surface area contributed by atoms with Crippen molar-refractivity contribution in [3.8, 4) is 5.75 Å². The third-order valence-corrected chi connectivity index (χ3v) is 11.8. The van der Waals surface area contributed by atoms with Crippen LogP contribution in [-0.4, -0.2) is 52.6 Å². The topological polar surface area (TPSA) is 76.3 Å². The van der Waals surface area contributed by atoms with Crippen LogP contribution in [0, 0.1) is 0 Å². The number of fused-ring (bicyclic) bond motifs is 9. The van der Waals surface area contributed by atoms with Gasteiger partial charge in [-0.25, -0.2) is 4.52 Å². The second-order valence-electron chi connectivity index (χ2n) is 10.6. The highest BCUT2D eigenvalue weighted by atomic mass is 31.2. The summed E-state index contributed by atoms with van der Waals surface area (Å²) in [7, 11) is -0.587. The molecule has 0 radical (unpaired) electrons. The van der Waals surface area contributed by atoms with Crippen LogP contribution in [-0.2, 0) is 4.57 Å². The Balaban J connectivity index is 1.31. The van der Waals surface area contributed by atoms with E-state index in [1.165, 1.54) is 6.07 Å². The summed E-state index contributed by atoms with van der Waals surface area (Å²) in [5.41, 5.74) is 5.35. The Morgan fingerprint density at radius 2 is 1.97 bits per heavy atom. The lowest BCUT2D eigenvalue weighted by atomic mass is 9.88. The molecular formula is C28H27F2N4O3P. The fourth-order valence-corrected chi connectivity index (χ4v) is 9.56. The molecule has 0 N–H and O–H groups in total. The SMILES string of the molecule is CN1C(=O)c2cccc(OC(F)F)c2C2CC1c1nn3ccc(C4C=NC(P5(=O)CCCC5)=CC4)cc3c12. The number of amides is 1. The maximum Gasteiger partial charge on any atom is 0.387 e. The zero-order valence-corrected chi connectivity index (χ0v) is 21.8. The number of hydrogen-bond donors (Lipinski definition) is 0. The number of carbonyl (C=O) groups is 1. The van der Waals surface area contributed by atoms with E-state index in [2.05, 4.69) is 11.1 Å². The quantitative estimate of drug-likeness (QED) is 0.375. The number of allylic oxidation sites excluding steroid dienone is 1. The average Bonchev–Trinajstić information content (AvgIpc) is 3.60. The van der Waals surface area contributed by atoms with Gasteiger partial charge in [-0.3, -0.25) is 9.79 Å². The standard InChI is InChI=1S/C28H27F2N4O3P/c1-33-21-14-19(24-18(27(33)35)5-4-6-22(24)37-28(29)30)25-20-13-16(9-10-34(20)32-26(21)25)17-7-8-23(31-15-17)38(36)11-2-3-12-38/h4-6,8-10,13,15,17,19,21,28H,2-3,7,11-12,14H2,1H3. The van der Waals surface area contributed by atoms with Crippen LogP contribution in [0.4, 0.5) is 8.78 Å². The van der Waals surface area contributed by atoms with E-state index in [1.54, 1.807) is 24.1 Å². The predicted molar refractivity (Wildman–Crippen MR) is 140 cm³/mol. The number of aromatic nitrogens is 2. The third-order valence-electron chi connectivity index (χ3n) is 8.57. The van der Waals surface area contributed by atoms with Gasteiger partial charge in [-0.2, -0.15) is 13.9 Å². The van der Waals surface area contributed by atoms with Crippen molar-refractivity contribution >= 4 is 24.8 Å². The van der Waals surface area contributed by atoms with E-state index < -0.39 is 13.8 Å². The molecule has 3 aliphatic heterocycles. The van der Waals surface area contributed by atoms with Crippen LogP contribution < -0.4 is 4.74 Å². The molecule has 1 aliphatic carbocycles. The number of benzene rings is 1. The zero-order chi connectivity index (χ0) is 26.2. The van der Waals surface area contributed by atoms with Crippen LogP contribution in [0.3, 0.4) is 0 Å². The van der Waals surface area contributed by atoms with Crippen LogP contribution in [0.15, 0.2) is 53.0 Å². The molecule has 3 unspecified atom stereocenters. The number of alkyl halides is 2. The third kappa shape index (κ3) is 3.51. The fourth-order valence-electron chi connectivity index (χ4n) is 6.69. The number of rotatable bonds is 4. The number of aliphatic imine (C=N–C) groups is 1. The number of hydrogen-bond acceptors (Lipinski definition) is 5. The van der Waals surface area contributed by atoms with Crippen LogP contribution in [0.25, 0.3) is 5.52 Å². The van der Waals surface area contributed by atoms with Gasteiger partial charge in [-0.1, -0.05) is 12.1 Å². The summed E-state index contributed by atoms with van der Waals surface area (Å²) in [5.74, 6) is -0.452. The maximum absolute atomic E-state index is 13.3. The lowest BCUT2D eigenvalue weighted by Gasteiger charge is -2.23. The number of nitrogens with zero attached hydrogens (tertiary/aromatic N) is 4. The highest BCUT2D eigenvalue weighted by Crippen LogP contribution is 2.60. The largest absolute Gasteiger partial charge is 0.434 e. The van der Waals surface area contributed by atoms with Crippen molar-refractivity contribution < 1.29 is 22.9 Å². The van der Waals surface area contributed by atoms with Gasteiger partial charge in [0, 0.05) is 60.3 Å². The first-order valence-electron chi connectivity index (χ1n) is 13.0. The lowest BCUT2D eigenvalue weighted by molar-refractivity contribution is -0.0505. The second kappa shape index (κ2) is 8.60. The van der Waals surface area contributed by atoms with Gasteiger partial charge < -0.3 is 14.2 Å². The molecule has 196 valence electrons. The van der Waals surface area contributed by atoms with E-state index in [9.17, 15) is 18.1 Å². The Morgan fingerprint density at radius 1 is 1.16 bits per heavy atom. The van der Waals surface area contributed by atoms with Gasteiger partial charge in [0.2, 0.25) is 0 Å².